The van der Waals surface area contributed by atoms with E-state index >= 15 is 4.39 Å². The van der Waals surface area contributed by atoms with E-state index in [-0.39, 0.29) is 40.8 Å². The number of amides is 2. The smallest absolute Gasteiger partial charge is 0.264 e. The Bertz CT molecular complexity index is 1780. The number of hydrogen-bond acceptors (Lipinski definition) is 5. The van der Waals surface area contributed by atoms with Gasteiger partial charge in [0.1, 0.15) is 24.2 Å². The molecule has 0 radical (unpaired) electrons. The highest BCUT2D eigenvalue weighted by atomic mass is 32.2. The number of anilines is 1. The van der Waals surface area contributed by atoms with Gasteiger partial charge in [-0.05, 0) is 61.2 Å². The lowest BCUT2D eigenvalue weighted by atomic mass is 10.0. The first-order chi connectivity index (χ1) is 22.4. The molecule has 0 heterocycles. The Balaban J connectivity index is 1.86. The van der Waals surface area contributed by atoms with Crippen LogP contribution in [-0.4, -0.2) is 51.4 Å². The maximum atomic E-state index is 15.1. The van der Waals surface area contributed by atoms with E-state index in [2.05, 4.69) is 5.32 Å². The zero-order chi connectivity index (χ0) is 34.1. The molecule has 2 amide bonds. The minimum Gasteiger partial charge on any atom is -0.495 e. The summed E-state index contributed by atoms with van der Waals surface area (Å²) in [6, 6.07) is 25.5. The van der Waals surface area contributed by atoms with E-state index in [0.29, 0.717) is 6.54 Å². The van der Waals surface area contributed by atoms with Crippen molar-refractivity contribution in [1.82, 2.24) is 10.2 Å². The number of nitrogens with zero attached hydrogens (tertiary/aromatic N) is 2. The molecular weight excluding hydrogens is 617 g/mol. The Morgan fingerprint density at radius 1 is 0.872 bits per heavy atom. The summed E-state index contributed by atoms with van der Waals surface area (Å²) in [5.74, 6) is -1.27. The molecule has 0 bridgehead atoms. The number of halogens is 1. The van der Waals surface area contributed by atoms with Gasteiger partial charge in [-0.15, -0.1) is 0 Å². The van der Waals surface area contributed by atoms with Crippen molar-refractivity contribution in [3.63, 3.8) is 0 Å². The first-order valence-corrected chi connectivity index (χ1v) is 16.9. The third kappa shape index (κ3) is 8.98. The molecule has 0 saturated carbocycles. The van der Waals surface area contributed by atoms with Crippen LogP contribution < -0.4 is 14.4 Å². The number of carbonyl (C=O) groups excluding carboxylic acids is 2. The van der Waals surface area contributed by atoms with Gasteiger partial charge in [0.05, 0.1) is 17.7 Å². The van der Waals surface area contributed by atoms with E-state index < -0.39 is 40.2 Å². The Hall–Kier alpha value is -4.70. The zero-order valence-corrected chi connectivity index (χ0v) is 28.3. The predicted molar refractivity (Wildman–Crippen MR) is 182 cm³/mol. The number of rotatable bonds is 14. The summed E-state index contributed by atoms with van der Waals surface area (Å²) >= 11 is 0. The third-order valence-electron chi connectivity index (χ3n) is 7.75. The van der Waals surface area contributed by atoms with E-state index in [0.717, 1.165) is 21.0 Å². The van der Waals surface area contributed by atoms with Crippen LogP contribution in [0.15, 0.2) is 102 Å². The Kier molecular flexibility index (Phi) is 11.8. The fraction of sp³-hybridized carbons (Fsp3) is 0.297. The molecule has 0 aliphatic carbocycles. The number of carbonyl (C=O) groups is 2. The zero-order valence-electron chi connectivity index (χ0n) is 27.4. The number of nitrogens with one attached hydrogen (secondary N) is 1. The van der Waals surface area contributed by atoms with Crippen LogP contribution in [0, 0.1) is 25.6 Å². The van der Waals surface area contributed by atoms with Gasteiger partial charge in [0.25, 0.3) is 10.0 Å². The second kappa shape index (κ2) is 15.7. The summed E-state index contributed by atoms with van der Waals surface area (Å²) in [5, 5.41) is 2.93. The lowest BCUT2D eigenvalue weighted by molar-refractivity contribution is -0.140. The van der Waals surface area contributed by atoms with Gasteiger partial charge >= 0.3 is 0 Å². The van der Waals surface area contributed by atoms with Gasteiger partial charge in [-0.1, -0.05) is 86.1 Å². The topological polar surface area (TPSA) is 96.0 Å². The molecule has 248 valence electrons. The summed E-state index contributed by atoms with van der Waals surface area (Å²) in [7, 11) is -2.90. The van der Waals surface area contributed by atoms with Crippen molar-refractivity contribution in [1.29, 1.82) is 0 Å². The average Bonchev–Trinajstić information content (AvgIpc) is 3.05. The van der Waals surface area contributed by atoms with Gasteiger partial charge in [-0.3, -0.25) is 13.9 Å². The summed E-state index contributed by atoms with van der Waals surface area (Å²) in [5.41, 5.74) is 2.75. The normalized spacial score (nSPS) is 12.0. The number of ether oxygens (including phenoxy) is 1. The van der Waals surface area contributed by atoms with Crippen molar-refractivity contribution < 1.29 is 27.1 Å². The van der Waals surface area contributed by atoms with Gasteiger partial charge < -0.3 is 15.0 Å². The first kappa shape index (κ1) is 35.2. The maximum absolute atomic E-state index is 15.1. The van der Waals surface area contributed by atoms with Crippen molar-refractivity contribution >= 4 is 27.5 Å². The Morgan fingerprint density at radius 3 is 2.15 bits per heavy atom. The van der Waals surface area contributed by atoms with E-state index in [1.54, 1.807) is 55.5 Å². The molecule has 47 heavy (non-hydrogen) atoms. The standard InChI is InChI=1S/C37H42FN3O5S/c1-26(2)23-39-37(43)34(22-29-11-7-6-8-12-29)40(24-30-13-9-10-14-32(30)38)36(42)25-41(33-21-28(4)17-20-35(33)46-5)47(44,45)31-18-15-27(3)16-19-31/h6-21,26,34H,22-25H2,1-5H3,(H,39,43)/t34-/m0/s1. The number of aryl methyl sites for hydroxylation is 2. The van der Waals surface area contributed by atoms with Gasteiger partial charge in [-0.2, -0.15) is 0 Å². The molecule has 4 aromatic rings. The SMILES string of the molecule is COc1ccc(C)cc1N(CC(=O)N(Cc1ccccc1F)[C@@H](Cc1ccccc1)C(=O)NCC(C)C)S(=O)(=O)c1ccc(C)cc1. The second-order valence-electron chi connectivity index (χ2n) is 12.0. The first-order valence-electron chi connectivity index (χ1n) is 15.5. The molecule has 10 heteroatoms. The van der Waals surface area contributed by atoms with Crippen molar-refractivity contribution in [3.05, 3.63) is 125 Å². The van der Waals surface area contributed by atoms with Gasteiger partial charge in [0, 0.05) is 25.1 Å². The Morgan fingerprint density at radius 2 is 1.51 bits per heavy atom. The highest BCUT2D eigenvalue weighted by molar-refractivity contribution is 7.92. The molecular formula is C37H42FN3O5S. The largest absolute Gasteiger partial charge is 0.495 e. The molecule has 0 spiro atoms. The monoisotopic (exact) mass is 659 g/mol. The van der Waals surface area contributed by atoms with Crippen LogP contribution in [0.25, 0.3) is 0 Å². The van der Waals surface area contributed by atoms with Crippen LogP contribution in [0.4, 0.5) is 10.1 Å². The average molecular weight is 660 g/mol. The minimum absolute atomic E-state index is 0.0179. The Labute approximate surface area is 277 Å². The van der Waals surface area contributed by atoms with E-state index in [1.807, 2.05) is 51.1 Å². The molecule has 0 saturated heterocycles. The van der Waals surface area contributed by atoms with Gasteiger partial charge in [0.15, 0.2) is 0 Å². The molecule has 4 aromatic carbocycles. The van der Waals surface area contributed by atoms with Crippen LogP contribution in [0.5, 0.6) is 5.75 Å². The summed E-state index contributed by atoms with van der Waals surface area (Å²) in [4.78, 5) is 29.7. The number of benzene rings is 4. The molecule has 0 fully saturated rings. The van der Waals surface area contributed by atoms with Crippen molar-refractivity contribution in [2.45, 2.75) is 51.6 Å². The molecule has 0 aliphatic rings. The van der Waals surface area contributed by atoms with Crippen LogP contribution in [0.2, 0.25) is 0 Å². The second-order valence-corrected chi connectivity index (χ2v) is 13.8. The van der Waals surface area contributed by atoms with Crippen molar-refractivity contribution in [3.8, 4) is 5.75 Å². The number of methoxy groups -OCH3 is 1. The minimum atomic E-state index is -4.32. The quantitative estimate of drug-likeness (QED) is 0.178. The lowest BCUT2D eigenvalue weighted by Crippen LogP contribution is -2.54. The molecule has 1 atom stereocenters. The molecule has 0 aromatic heterocycles. The van der Waals surface area contributed by atoms with E-state index in [9.17, 15) is 18.0 Å². The summed E-state index contributed by atoms with van der Waals surface area (Å²) in [6.07, 6.45) is 0.128. The van der Waals surface area contributed by atoms with Crippen molar-refractivity contribution in [2.75, 3.05) is 24.5 Å². The predicted octanol–water partition coefficient (Wildman–Crippen LogP) is 6.06. The number of hydrogen-bond donors (Lipinski definition) is 1. The fourth-order valence-corrected chi connectivity index (χ4v) is 6.55. The number of sulfonamides is 1. The van der Waals surface area contributed by atoms with Crippen LogP contribution in [0.3, 0.4) is 0 Å². The molecule has 1 N–H and O–H groups in total. The highest BCUT2D eigenvalue weighted by Gasteiger charge is 2.36. The summed E-state index contributed by atoms with van der Waals surface area (Å²) in [6.45, 7) is 6.99. The molecule has 0 unspecified atom stereocenters. The van der Waals surface area contributed by atoms with Crippen LogP contribution >= 0.6 is 0 Å². The third-order valence-corrected chi connectivity index (χ3v) is 9.52. The van der Waals surface area contributed by atoms with Crippen LogP contribution in [-0.2, 0) is 32.6 Å². The van der Waals surface area contributed by atoms with Gasteiger partial charge in [-0.25, -0.2) is 12.8 Å². The molecule has 4 rings (SSSR count). The lowest BCUT2D eigenvalue weighted by Gasteiger charge is -2.34. The van der Waals surface area contributed by atoms with Gasteiger partial charge in [0.2, 0.25) is 11.8 Å². The van der Waals surface area contributed by atoms with E-state index in [4.69, 9.17) is 4.74 Å². The van der Waals surface area contributed by atoms with Crippen LogP contribution in [0.1, 0.15) is 36.1 Å². The maximum Gasteiger partial charge on any atom is 0.264 e. The van der Waals surface area contributed by atoms with Crippen molar-refractivity contribution in [2.24, 2.45) is 5.92 Å². The molecule has 8 nitrogen and oxygen atoms in total. The molecule has 0 aliphatic heterocycles. The fourth-order valence-electron chi connectivity index (χ4n) is 5.13. The van der Waals surface area contributed by atoms with E-state index in [1.165, 1.54) is 30.2 Å². The summed E-state index contributed by atoms with van der Waals surface area (Å²) < 4.78 is 50.3. The highest BCUT2D eigenvalue weighted by Crippen LogP contribution is 2.34.